The van der Waals surface area contributed by atoms with Crippen LogP contribution in [0, 0.1) is 0 Å². The van der Waals surface area contributed by atoms with Gasteiger partial charge >= 0.3 is 0 Å². The Balaban J connectivity index is 1.55. The number of carbonyl (C=O) groups is 3. The van der Waals surface area contributed by atoms with Crippen molar-refractivity contribution in [3.8, 4) is 11.5 Å². The van der Waals surface area contributed by atoms with Gasteiger partial charge in [-0.3, -0.25) is 19.3 Å². The number of nitrogens with one attached hydrogen (secondary N) is 1. The van der Waals surface area contributed by atoms with E-state index in [0.29, 0.717) is 22.7 Å². The fraction of sp³-hybridized carbons (Fsp3) is 0.125. The summed E-state index contributed by atoms with van der Waals surface area (Å²) in [5.74, 6) is 0.261. The maximum atomic E-state index is 12.9. The first kappa shape index (κ1) is 21.5. The van der Waals surface area contributed by atoms with Crippen molar-refractivity contribution in [3.05, 3.63) is 71.1 Å². The van der Waals surface area contributed by atoms with E-state index in [0.717, 1.165) is 27.4 Å². The molecule has 0 saturated carbocycles. The predicted octanol–water partition coefficient (Wildman–Crippen LogP) is 4.53. The largest absolute Gasteiger partial charge is 0.497 e. The summed E-state index contributed by atoms with van der Waals surface area (Å²) in [6.45, 7) is -0.374. The monoisotopic (exact) mass is 448 g/mol. The van der Waals surface area contributed by atoms with Crippen LogP contribution in [0.5, 0.6) is 11.5 Å². The number of carbonyl (C=O) groups excluding carboxylic acids is 3. The summed E-state index contributed by atoms with van der Waals surface area (Å²) in [7, 11) is 3.10. The zero-order valence-corrected chi connectivity index (χ0v) is 18.3. The smallest absolute Gasteiger partial charge is 0.294 e. The molecule has 0 bridgehead atoms. The van der Waals surface area contributed by atoms with Crippen LogP contribution in [0.3, 0.4) is 0 Å². The van der Waals surface area contributed by atoms with Crippen LogP contribution in [0.1, 0.15) is 5.56 Å². The maximum Gasteiger partial charge on any atom is 0.294 e. The Bertz CT molecular complexity index is 1240. The number of fused-ring (bicyclic) bond motifs is 1. The molecule has 32 heavy (non-hydrogen) atoms. The highest BCUT2D eigenvalue weighted by atomic mass is 32.2. The lowest BCUT2D eigenvalue weighted by Crippen LogP contribution is -2.36. The molecule has 1 saturated heterocycles. The maximum absolute atomic E-state index is 12.9. The molecular formula is C24H20N2O5S. The second-order valence-corrected chi connectivity index (χ2v) is 7.94. The minimum absolute atomic E-state index is 0.238. The minimum Gasteiger partial charge on any atom is -0.497 e. The zero-order valence-electron chi connectivity index (χ0n) is 17.5. The molecule has 4 rings (SSSR count). The van der Waals surface area contributed by atoms with Crippen LogP contribution >= 0.6 is 11.8 Å². The molecular weight excluding hydrogens is 428 g/mol. The summed E-state index contributed by atoms with van der Waals surface area (Å²) in [6, 6.07) is 18.2. The van der Waals surface area contributed by atoms with Gasteiger partial charge in [-0.1, -0.05) is 30.3 Å². The molecule has 1 fully saturated rings. The number of hydrogen-bond donors (Lipinski definition) is 1. The lowest BCUT2D eigenvalue weighted by Gasteiger charge is -2.13. The van der Waals surface area contributed by atoms with Gasteiger partial charge in [-0.15, -0.1) is 0 Å². The number of thioether (sulfide) groups is 1. The molecule has 8 heteroatoms. The second kappa shape index (κ2) is 9.15. The third-order valence-corrected chi connectivity index (χ3v) is 5.88. The fourth-order valence-corrected chi connectivity index (χ4v) is 4.21. The number of benzene rings is 3. The molecule has 0 radical (unpaired) electrons. The summed E-state index contributed by atoms with van der Waals surface area (Å²) < 4.78 is 10.5. The van der Waals surface area contributed by atoms with Gasteiger partial charge in [0.1, 0.15) is 18.0 Å². The van der Waals surface area contributed by atoms with Crippen LogP contribution in [-0.4, -0.2) is 42.7 Å². The Morgan fingerprint density at radius 2 is 1.75 bits per heavy atom. The van der Waals surface area contributed by atoms with E-state index in [2.05, 4.69) is 5.32 Å². The Labute approximate surface area is 189 Å². The highest BCUT2D eigenvalue weighted by molar-refractivity contribution is 8.18. The minimum atomic E-state index is -0.514. The molecule has 1 aliphatic heterocycles. The Morgan fingerprint density at radius 3 is 2.47 bits per heavy atom. The van der Waals surface area contributed by atoms with E-state index in [-0.39, 0.29) is 11.4 Å². The highest BCUT2D eigenvalue weighted by Gasteiger charge is 2.36. The third-order valence-electron chi connectivity index (χ3n) is 4.98. The standard InChI is InChI=1S/C24H20N2O5S/c1-30-17-10-8-16(9-11-17)25-22(27)14-26-23(28)21(32-24(26)29)13-19-18-6-4-3-5-15(18)7-12-20(19)31-2/h3-13H,14H2,1-2H3,(H,25,27)/b21-13+. The molecule has 0 spiro atoms. The molecule has 0 aromatic heterocycles. The molecule has 162 valence electrons. The number of ether oxygens (including phenoxy) is 2. The lowest BCUT2D eigenvalue weighted by atomic mass is 10.0. The van der Waals surface area contributed by atoms with Crippen LogP contribution in [0.2, 0.25) is 0 Å². The average Bonchev–Trinajstić information content (AvgIpc) is 3.07. The molecule has 1 heterocycles. The highest BCUT2D eigenvalue weighted by Crippen LogP contribution is 2.36. The van der Waals surface area contributed by atoms with Crippen LogP contribution in [0.15, 0.2) is 65.6 Å². The topological polar surface area (TPSA) is 84.9 Å². The van der Waals surface area contributed by atoms with Crippen molar-refractivity contribution < 1.29 is 23.9 Å². The molecule has 0 atom stereocenters. The van der Waals surface area contributed by atoms with Crippen molar-refractivity contribution in [1.29, 1.82) is 0 Å². The summed E-state index contributed by atoms with van der Waals surface area (Å²) >= 11 is 0.804. The van der Waals surface area contributed by atoms with Crippen molar-refractivity contribution in [2.24, 2.45) is 0 Å². The van der Waals surface area contributed by atoms with Gasteiger partial charge in [0.05, 0.1) is 19.1 Å². The molecule has 1 N–H and O–H groups in total. The zero-order chi connectivity index (χ0) is 22.7. The van der Waals surface area contributed by atoms with E-state index in [1.807, 2.05) is 36.4 Å². The van der Waals surface area contributed by atoms with Crippen LogP contribution in [0.25, 0.3) is 16.8 Å². The van der Waals surface area contributed by atoms with E-state index in [9.17, 15) is 14.4 Å². The average molecular weight is 449 g/mol. The first-order chi connectivity index (χ1) is 15.5. The van der Waals surface area contributed by atoms with E-state index in [4.69, 9.17) is 9.47 Å². The fourth-order valence-electron chi connectivity index (χ4n) is 3.39. The third kappa shape index (κ3) is 4.31. The van der Waals surface area contributed by atoms with E-state index >= 15 is 0 Å². The molecule has 0 aliphatic carbocycles. The first-order valence-electron chi connectivity index (χ1n) is 9.75. The van der Waals surface area contributed by atoms with Gasteiger partial charge in [0.15, 0.2) is 0 Å². The Hall–Kier alpha value is -3.78. The van der Waals surface area contributed by atoms with Crippen LogP contribution in [0.4, 0.5) is 10.5 Å². The van der Waals surface area contributed by atoms with Crippen molar-refractivity contribution >= 4 is 51.4 Å². The van der Waals surface area contributed by atoms with Crippen molar-refractivity contribution in [1.82, 2.24) is 4.90 Å². The van der Waals surface area contributed by atoms with Gasteiger partial charge in [-0.25, -0.2) is 0 Å². The van der Waals surface area contributed by atoms with Gasteiger partial charge in [-0.2, -0.15) is 0 Å². The van der Waals surface area contributed by atoms with Crippen molar-refractivity contribution in [2.45, 2.75) is 0 Å². The molecule has 3 aromatic rings. The van der Waals surface area contributed by atoms with Crippen molar-refractivity contribution in [3.63, 3.8) is 0 Å². The lowest BCUT2D eigenvalue weighted by molar-refractivity contribution is -0.127. The molecule has 7 nitrogen and oxygen atoms in total. The summed E-state index contributed by atoms with van der Waals surface area (Å²) in [5.41, 5.74) is 1.25. The number of amides is 3. The van der Waals surface area contributed by atoms with Gasteiger partial charge in [0, 0.05) is 11.3 Å². The van der Waals surface area contributed by atoms with E-state index in [1.165, 1.54) is 0 Å². The summed E-state index contributed by atoms with van der Waals surface area (Å²) in [5, 5.41) is 4.07. The van der Waals surface area contributed by atoms with Crippen LogP contribution in [-0.2, 0) is 9.59 Å². The van der Waals surface area contributed by atoms with Gasteiger partial charge in [-0.05, 0) is 58.9 Å². The molecule has 3 amide bonds. The number of rotatable bonds is 6. The second-order valence-electron chi connectivity index (χ2n) is 6.95. The molecule has 0 unspecified atom stereocenters. The van der Waals surface area contributed by atoms with Crippen molar-refractivity contribution in [2.75, 3.05) is 26.1 Å². The van der Waals surface area contributed by atoms with Gasteiger partial charge in [0.2, 0.25) is 5.91 Å². The van der Waals surface area contributed by atoms with Gasteiger partial charge in [0.25, 0.3) is 11.1 Å². The number of nitrogens with zero attached hydrogens (tertiary/aromatic N) is 1. The SMILES string of the molecule is COc1ccc(NC(=O)CN2C(=O)S/C(=C/c3c(OC)ccc4ccccc34)C2=O)cc1. The number of imide groups is 1. The van der Waals surface area contributed by atoms with E-state index < -0.39 is 17.1 Å². The molecule has 1 aliphatic rings. The van der Waals surface area contributed by atoms with Crippen LogP contribution < -0.4 is 14.8 Å². The normalized spacial score (nSPS) is 14.8. The van der Waals surface area contributed by atoms with Gasteiger partial charge < -0.3 is 14.8 Å². The predicted molar refractivity (Wildman–Crippen MR) is 125 cm³/mol. The first-order valence-corrected chi connectivity index (χ1v) is 10.6. The number of methoxy groups -OCH3 is 2. The summed E-state index contributed by atoms with van der Waals surface area (Å²) in [6.07, 6.45) is 1.65. The Kier molecular flexibility index (Phi) is 6.13. The van der Waals surface area contributed by atoms with E-state index in [1.54, 1.807) is 44.6 Å². The number of hydrogen-bond acceptors (Lipinski definition) is 6. The summed E-state index contributed by atoms with van der Waals surface area (Å²) in [4.78, 5) is 39.0. The quantitative estimate of drug-likeness (QED) is 0.558. The number of anilines is 1. The molecule has 3 aromatic carbocycles. The Morgan fingerprint density at radius 1 is 1.00 bits per heavy atom.